The monoisotopic (exact) mass is 269 g/mol. The Labute approximate surface area is 107 Å². The number of anilines is 1. The molecule has 0 aromatic heterocycles. The van der Waals surface area contributed by atoms with Crippen LogP contribution in [0.4, 0.5) is 18.9 Å². The fourth-order valence-electron chi connectivity index (χ4n) is 1.49. The quantitative estimate of drug-likeness (QED) is 0.815. The van der Waals surface area contributed by atoms with E-state index in [9.17, 15) is 18.3 Å². The lowest BCUT2D eigenvalue weighted by Crippen LogP contribution is -2.04. The molecular weight excluding hydrogens is 259 g/mol. The first kappa shape index (κ1) is 13.1. The molecule has 100 valence electrons. The molecule has 3 nitrogen and oxygen atoms in total. The Kier molecular flexibility index (Phi) is 3.25. The average Bonchev–Trinajstić information content (AvgIpc) is 2.32. The van der Waals surface area contributed by atoms with Gasteiger partial charge in [0.15, 0.2) is 5.75 Å². The maximum absolute atomic E-state index is 12.5. The normalized spacial score (nSPS) is 11.3. The second kappa shape index (κ2) is 4.72. The highest BCUT2D eigenvalue weighted by atomic mass is 19.4. The van der Waals surface area contributed by atoms with Crippen LogP contribution in [-0.4, -0.2) is 5.11 Å². The molecule has 19 heavy (non-hydrogen) atoms. The zero-order chi connectivity index (χ0) is 14.0. The molecule has 0 atom stereocenters. The summed E-state index contributed by atoms with van der Waals surface area (Å²) in [7, 11) is 0. The van der Waals surface area contributed by atoms with E-state index in [1.165, 1.54) is 30.3 Å². The molecule has 6 heteroatoms. The molecule has 2 aromatic carbocycles. The van der Waals surface area contributed by atoms with Crippen molar-refractivity contribution in [3.05, 3.63) is 48.0 Å². The minimum Gasteiger partial charge on any atom is -0.508 e. The number of hydrogen-bond acceptors (Lipinski definition) is 3. The van der Waals surface area contributed by atoms with E-state index in [2.05, 4.69) is 0 Å². The van der Waals surface area contributed by atoms with E-state index in [4.69, 9.17) is 10.5 Å². The van der Waals surface area contributed by atoms with Crippen molar-refractivity contribution in [1.82, 2.24) is 0 Å². The van der Waals surface area contributed by atoms with Crippen molar-refractivity contribution in [2.24, 2.45) is 0 Å². The molecule has 0 saturated heterocycles. The summed E-state index contributed by atoms with van der Waals surface area (Å²) in [5.74, 6) is 0.151. The van der Waals surface area contributed by atoms with E-state index in [1.54, 1.807) is 0 Å². The average molecular weight is 269 g/mol. The van der Waals surface area contributed by atoms with Crippen molar-refractivity contribution in [2.75, 3.05) is 5.73 Å². The van der Waals surface area contributed by atoms with Crippen molar-refractivity contribution in [1.29, 1.82) is 0 Å². The lowest BCUT2D eigenvalue weighted by atomic mass is 10.2. The summed E-state index contributed by atoms with van der Waals surface area (Å²) in [5, 5.41) is 9.17. The topological polar surface area (TPSA) is 55.5 Å². The van der Waals surface area contributed by atoms with Crippen molar-refractivity contribution in [3.8, 4) is 17.2 Å². The number of phenols is 1. The summed E-state index contributed by atoms with van der Waals surface area (Å²) in [6, 6.07) is 8.43. The van der Waals surface area contributed by atoms with E-state index < -0.39 is 11.7 Å². The molecule has 0 radical (unpaired) electrons. The number of halogens is 3. The molecule has 3 N–H and O–H groups in total. The van der Waals surface area contributed by atoms with Crippen molar-refractivity contribution in [3.63, 3.8) is 0 Å². The van der Waals surface area contributed by atoms with Crippen LogP contribution >= 0.6 is 0 Å². The Morgan fingerprint density at radius 3 is 2.42 bits per heavy atom. The Morgan fingerprint density at radius 2 is 1.79 bits per heavy atom. The van der Waals surface area contributed by atoms with Crippen LogP contribution < -0.4 is 10.5 Å². The van der Waals surface area contributed by atoms with Gasteiger partial charge in [-0.3, -0.25) is 0 Å². The molecule has 0 aliphatic heterocycles. The van der Waals surface area contributed by atoms with Crippen LogP contribution in [0, 0.1) is 0 Å². The van der Waals surface area contributed by atoms with Gasteiger partial charge >= 0.3 is 6.18 Å². The molecular formula is C13H10F3NO2. The molecule has 0 saturated carbocycles. The van der Waals surface area contributed by atoms with Crippen molar-refractivity contribution in [2.45, 2.75) is 6.18 Å². The molecule has 0 bridgehead atoms. The van der Waals surface area contributed by atoms with Gasteiger partial charge in [-0.1, -0.05) is 6.07 Å². The number of nitrogen functional groups attached to an aromatic ring is 1. The number of alkyl halides is 3. The lowest BCUT2D eigenvalue weighted by Gasteiger charge is -2.11. The standard InChI is InChI=1S/C13H10F3NO2/c14-13(15,16)8-2-1-3-10(6-8)19-12-5-4-9(18)7-11(12)17/h1-7,18H,17H2. The van der Waals surface area contributed by atoms with Crippen LogP contribution in [0.3, 0.4) is 0 Å². The number of benzene rings is 2. The molecule has 0 heterocycles. The molecule has 0 aliphatic rings. The van der Waals surface area contributed by atoms with Gasteiger partial charge in [0, 0.05) is 6.07 Å². The van der Waals surface area contributed by atoms with Crippen LogP contribution in [0.25, 0.3) is 0 Å². The first-order valence-corrected chi connectivity index (χ1v) is 5.30. The SMILES string of the molecule is Nc1cc(O)ccc1Oc1cccc(C(F)(F)F)c1. The second-order valence-electron chi connectivity index (χ2n) is 3.85. The van der Waals surface area contributed by atoms with Gasteiger partial charge in [0.05, 0.1) is 11.3 Å². The number of nitrogens with two attached hydrogens (primary N) is 1. The van der Waals surface area contributed by atoms with Crippen molar-refractivity contribution < 1.29 is 23.0 Å². The maximum atomic E-state index is 12.5. The lowest BCUT2D eigenvalue weighted by molar-refractivity contribution is -0.137. The van der Waals surface area contributed by atoms with Crippen LogP contribution in [0.1, 0.15) is 5.56 Å². The van der Waals surface area contributed by atoms with Gasteiger partial charge in [-0.25, -0.2) is 0 Å². The maximum Gasteiger partial charge on any atom is 0.416 e. The Bertz CT molecular complexity index is 597. The zero-order valence-electron chi connectivity index (χ0n) is 9.61. The summed E-state index contributed by atoms with van der Waals surface area (Å²) in [5.41, 5.74) is 4.92. The number of phenolic OH excluding ortho intramolecular Hbond substituents is 1. The fourth-order valence-corrected chi connectivity index (χ4v) is 1.49. The summed E-state index contributed by atoms with van der Waals surface area (Å²) in [4.78, 5) is 0. The summed E-state index contributed by atoms with van der Waals surface area (Å²) in [6.45, 7) is 0. The summed E-state index contributed by atoms with van der Waals surface area (Å²) >= 11 is 0. The molecule has 0 unspecified atom stereocenters. The third-order valence-corrected chi connectivity index (χ3v) is 2.38. The number of ether oxygens (including phenoxy) is 1. The Morgan fingerprint density at radius 1 is 1.05 bits per heavy atom. The van der Waals surface area contributed by atoms with Gasteiger partial charge in [0.25, 0.3) is 0 Å². The molecule has 0 fully saturated rings. The predicted octanol–water partition coefficient (Wildman–Crippen LogP) is 3.79. The smallest absolute Gasteiger partial charge is 0.416 e. The first-order valence-electron chi connectivity index (χ1n) is 5.30. The largest absolute Gasteiger partial charge is 0.508 e. The van der Waals surface area contributed by atoms with Crippen LogP contribution in [0.5, 0.6) is 17.2 Å². The Balaban J connectivity index is 2.29. The van der Waals surface area contributed by atoms with Gasteiger partial charge in [-0.05, 0) is 30.3 Å². The number of rotatable bonds is 2. The predicted molar refractivity (Wildman–Crippen MR) is 64.0 cm³/mol. The molecule has 2 aromatic rings. The highest BCUT2D eigenvalue weighted by Gasteiger charge is 2.30. The molecule has 2 rings (SSSR count). The summed E-state index contributed by atoms with van der Waals surface area (Å²) < 4.78 is 42.8. The van der Waals surface area contributed by atoms with E-state index >= 15 is 0 Å². The van der Waals surface area contributed by atoms with E-state index in [1.807, 2.05) is 0 Å². The second-order valence-corrected chi connectivity index (χ2v) is 3.85. The van der Waals surface area contributed by atoms with Crippen LogP contribution in [-0.2, 0) is 6.18 Å². The third kappa shape index (κ3) is 3.09. The molecule has 0 aliphatic carbocycles. The van der Waals surface area contributed by atoms with E-state index in [-0.39, 0.29) is 22.9 Å². The zero-order valence-corrected chi connectivity index (χ0v) is 9.61. The van der Waals surface area contributed by atoms with Gasteiger partial charge in [-0.15, -0.1) is 0 Å². The van der Waals surface area contributed by atoms with Crippen LogP contribution in [0.15, 0.2) is 42.5 Å². The summed E-state index contributed by atoms with van der Waals surface area (Å²) in [6.07, 6.45) is -4.43. The molecule has 0 spiro atoms. The minimum atomic E-state index is -4.43. The van der Waals surface area contributed by atoms with Gasteiger partial charge < -0.3 is 15.6 Å². The fraction of sp³-hybridized carbons (Fsp3) is 0.0769. The Hall–Kier alpha value is -2.37. The highest BCUT2D eigenvalue weighted by Crippen LogP contribution is 2.34. The van der Waals surface area contributed by atoms with Crippen molar-refractivity contribution >= 4 is 5.69 Å². The molecule has 0 amide bonds. The van der Waals surface area contributed by atoms with E-state index in [0.29, 0.717) is 0 Å². The van der Waals surface area contributed by atoms with Crippen LogP contribution in [0.2, 0.25) is 0 Å². The van der Waals surface area contributed by atoms with Gasteiger partial charge in [-0.2, -0.15) is 13.2 Å². The minimum absolute atomic E-state index is 0.0206. The number of hydrogen-bond donors (Lipinski definition) is 2. The van der Waals surface area contributed by atoms with Gasteiger partial charge in [0.1, 0.15) is 11.5 Å². The van der Waals surface area contributed by atoms with E-state index in [0.717, 1.165) is 12.1 Å². The van der Waals surface area contributed by atoms with Gasteiger partial charge in [0.2, 0.25) is 0 Å². The highest BCUT2D eigenvalue weighted by molar-refractivity contribution is 5.57. The third-order valence-electron chi connectivity index (χ3n) is 2.38. The first-order chi connectivity index (χ1) is 8.86. The number of aromatic hydroxyl groups is 1.